The Bertz CT molecular complexity index is 1190. The summed E-state index contributed by atoms with van der Waals surface area (Å²) in [6.07, 6.45) is -3.23. The van der Waals surface area contributed by atoms with Crippen molar-refractivity contribution in [2.45, 2.75) is 13.1 Å². The summed E-state index contributed by atoms with van der Waals surface area (Å²) in [5.41, 5.74) is 0.590. The Morgan fingerprint density at radius 2 is 2.06 bits per heavy atom. The first kappa shape index (κ1) is 22.4. The number of hydrogen-bond acceptors (Lipinski definition) is 5. The zero-order valence-corrected chi connectivity index (χ0v) is 17.2. The van der Waals surface area contributed by atoms with Crippen molar-refractivity contribution in [2.24, 2.45) is 0 Å². The molecule has 0 aliphatic rings. The Hall–Kier alpha value is -3.29. The van der Waals surface area contributed by atoms with E-state index in [1.165, 1.54) is 24.4 Å². The predicted octanol–water partition coefficient (Wildman–Crippen LogP) is 4.95. The van der Waals surface area contributed by atoms with Crippen LogP contribution in [0, 0.1) is 18.3 Å². The van der Waals surface area contributed by atoms with Gasteiger partial charge in [-0.15, -0.1) is 5.10 Å². The van der Waals surface area contributed by atoms with Crippen LogP contribution in [0.5, 0.6) is 5.88 Å². The number of carbonyl (C=O) groups excluding carboxylic acids is 1. The fourth-order valence-corrected chi connectivity index (χ4v) is 3.09. The van der Waals surface area contributed by atoms with E-state index in [1.807, 2.05) is 6.07 Å². The molecule has 0 aliphatic heterocycles. The lowest BCUT2D eigenvalue weighted by atomic mass is 10.1. The number of nitrogens with zero attached hydrogens (tertiary/aromatic N) is 4. The molecule has 0 atom stereocenters. The SMILES string of the molecule is Cc1cc(Cl)cc(C#N)c1NC(=O)c1cc(OCC(F)(F)F)nn1-c1ncccc1Cl. The first-order valence-electron chi connectivity index (χ1n) is 8.51. The van der Waals surface area contributed by atoms with Crippen molar-refractivity contribution in [2.75, 3.05) is 11.9 Å². The lowest BCUT2D eigenvalue weighted by Gasteiger charge is -2.12. The highest BCUT2D eigenvalue weighted by atomic mass is 35.5. The van der Waals surface area contributed by atoms with E-state index in [4.69, 9.17) is 23.2 Å². The Morgan fingerprint density at radius 1 is 1.32 bits per heavy atom. The molecule has 0 saturated heterocycles. The van der Waals surface area contributed by atoms with Gasteiger partial charge in [0.05, 0.1) is 16.3 Å². The number of pyridine rings is 1. The van der Waals surface area contributed by atoms with Crippen LogP contribution in [0.4, 0.5) is 18.9 Å². The number of carbonyl (C=O) groups is 1. The fraction of sp³-hybridized carbons (Fsp3) is 0.158. The van der Waals surface area contributed by atoms with E-state index in [-0.39, 0.29) is 27.8 Å². The van der Waals surface area contributed by atoms with Gasteiger partial charge in [-0.2, -0.15) is 18.4 Å². The van der Waals surface area contributed by atoms with Crippen molar-refractivity contribution in [1.29, 1.82) is 5.26 Å². The van der Waals surface area contributed by atoms with Crippen molar-refractivity contribution >= 4 is 34.8 Å². The summed E-state index contributed by atoms with van der Waals surface area (Å²) >= 11 is 12.1. The number of nitriles is 1. The van der Waals surface area contributed by atoms with Crippen LogP contribution in [0.2, 0.25) is 10.0 Å². The molecule has 2 aromatic heterocycles. The number of amides is 1. The molecule has 12 heteroatoms. The van der Waals surface area contributed by atoms with E-state index in [0.29, 0.717) is 10.6 Å². The molecule has 1 N–H and O–H groups in total. The molecule has 2 heterocycles. The van der Waals surface area contributed by atoms with E-state index < -0.39 is 24.6 Å². The van der Waals surface area contributed by atoms with Crippen molar-refractivity contribution < 1.29 is 22.7 Å². The molecule has 0 saturated carbocycles. The summed E-state index contributed by atoms with van der Waals surface area (Å²) in [6.45, 7) is 0.0308. The number of ether oxygens (including phenoxy) is 1. The second-order valence-electron chi connectivity index (χ2n) is 6.20. The lowest BCUT2D eigenvalue weighted by molar-refractivity contribution is -0.154. The first-order valence-corrected chi connectivity index (χ1v) is 9.26. The minimum Gasteiger partial charge on any atom is -0.467 e. The normalized spacial score (nSPS) is 11.1. The number of benzene rings is 1. The van der Waals surface area contributed by atoms with Crippen LogP contribution < -0.4 is 10.1 Å². The number of aromatic nitrogens is 3. The minimum absolute atomic E-state index is 0.00418. The molecular weight excluding hydrogens is 458 g/mol. The van der Waals surface area contributed by atoms with Gasteiger partial charge in [0.25, 0.3) is 5.91 Å². The van der Waals surface area contributed by atoms with E-state index in [1.54, 1.807) is 13.0 Å². The topological polar surface area (TPSA) is 92.8 Å². The average Bonchev–Trinajstić information content (AvgIpc) is 3.12. The standard InChI is InChI=1S/C19H12Cl2F3N5O2/c1-10-5-12(20)6-11(8-25)16(10)27-18(30)14-7-15(31-9-19(22,23)24)28-29(14)17-13(21)3-2-4-26-17/h2-7H,9H2,1H3,(H,27,30). The Labute approximate surface area is 184 Å². The molecule has 0 bridgehead atoms. The molecule has 0 radical (unpaired) electrons. The van der Waals surface area contributed by atoms with Gasteiger partial charge in [0, 0.05) is 17.3 Å². The zero-order valence-electron chi connectivity index (χ0n) is 15.7. The summed E-state index contributed by atoms with van der Waals surface area (Å²) < 4.78 is 43.2. The second kappa shape index (κ2) is 8.83. The van der Waals surface area contributed by atoms with Crippen LogP contribution in [-0.4, -0.2) is 33.5 Å². The number of aryl methyl sites for hydroxylation is 1. The van der Waals surface area contributed by atoms with Gasteiger partial charge in [-0.05, 0) is 36.8 Å². The Morgan fingerprint density at radius 3 is 2.71 bits per heavy atom. The van der Waals surface area contributed by atoms with Crippen LogP contribution >= 0.6 is 23.2 Å². The average molecular weight is 470 g/mol. The maximum Gasteiger partial charge on any atom is 0.422 e. The van der Waals surface area contributed by atoms with Crippen molar-refractivity contribution in [3.05, 3.63) is 63.4 Å². The highest BCUT2D eigenvalue weighted by Gasteiger charge is 2.30. The molecule has 0 spiro atoms. The molecule has 31 heavy (non-hydrogen) atoms. The molecule has 1 aromatic carbocycles. The third kappa shape index (κ3) is 5.25. The molecule has 0 fully saturated rings. The summed E-state index contributed by atoms with van der Waals surface area (Å²) in [5, 5.41) is 16.2. The first-order chi connectivity index (χ1) is 14.6. The van der Waals surface area contributed by atoms with Gasteiger partial charge in [0.2, 0.25) is 5.88 Å². The third-order valence-electron chi connectivity index (χ3n) is 3.90. The molecule has 0 aliphatic carbocycles. The van der Waals surface area contributed by atoms with Crippen LogP contribution in [-0.2, 0) is 0 Å². The molecular formula is C19H12Cl2F3N5O2. The zero-order chi connectivity index (χ0) is 22.8. The monoisotopic (exact) mass is 469 g/mol. The molecule has 160 valence electrons. The molecule has 0 unspecified atom stereocenters. The molecule has 1 amide bonds. The highest BCUT2D eigenvalue weighted by molar-refractivity contribution is 6.32. The van der Waals surface area contributed by atoms with E-state index >= 15 is 0 Å². The molecule has 3 aromatic rings. The van der Waals surface area contributed by atoms with Crippen LogP contribution in [0.3, 0.4) is 0 Å². The number of nitrogens with one attached hydrogen (secondary N) is 1. The van der Waals surface area contributed by atoms with Crippen LogP contribution in [0.1, 0.15) is 21.6 Å². The molecule has 7 nitrogen and oxygen atoms in total. The van der Waals surface area contributed by atoms with Crippen molar-refractivity contribution in [1.82, 2.24) is 14.8 Å². The second-order valence-corrected chi connectivity index (χ2v) is 7.05. The predicted molar refractivity (Wildman–Crippen MR) is 107 cm³/mol. The number of anilines is 1. The summed E-state index contributed by atoms with van der Waals surface area (Å²) in [5.74, 6) is -1.24. The van der Waals surface area contributed by atoms with Gasteiger partial charge in [-0.25, -0.2) is 9.67 Å². The largest absolute Gasteiger partial charge is 0.467 e. The summed E-state index contributed by atoms with van der Waals surface area (Å²) in [4.78, 5) is 17.0. The van der Waals surface area contributed by atoms with Gasteiger partial charge in [-0.3, -0.25) is 4.79 Å². The number of halogens is 5. The number of rotatable bonds is 5. The Kier molecular flexibility index (Phi) is 6.38. The Balaban J connectivity index is 2.03. The van der Waals surface area contributed by atoms with Gasteiger partial charge in [0.15, 0.2) is 12.4 Å². The van der Waals surface area contributed by atoms with Gasteiger partial charge in [0.1, 0.15) is 11.8 Å². The van der Waals surface area contributed by atoms with Crippen LogP contribution in [0.15, 0.2) is 36.5 Å². The van der Waals surface area contributed by atoms with Crippen molar-refractivity contribution in [3.8, 4) is 17.8 Å². The van der Waals surface area contributed by atoms with E-state index in [9.17, 15) is 23.2 Å². The van der Waals surface area contributed by atoms with E-state index in [0.717, 1.165) is 10.7 Å². The maximum atomic E-state index is 13.0. The fourth-order valence-electron chi connectivity index (χ4n) is 2.62. The van der Waals surface area contributed by atoms with Gasteiger partial charge >= 0.3 is 6.18 Å². The number of alkyl halides is 3. The van der Waals surface area contributed by atoms with Gasteiger partial charge < -0.3 is 10.1 Å². The van der Waals surface area contributed by atoms with Crippen molar-refractivity contribution in [3.63, 3.8) is 0 Å². The molecule has 3 rings (SSSR count). The highest BCUT2D eigenvalue weighted by Crippen LogP contribution is 2.28. The lowest BCUT2D eigenvalue weighted by Crippen LogP contribution is -2.19. The van der Waals surface area contributed by atoms with E-state index in [2.05, 4.69) is 20.1 Å². The smallest absolute Gasteiger partial charge is 0.422 e. The quantitative estimate of drug-likeness (QED) is 0.570. The van der Waals surface area contributed by atoms with Gasteiger partial charge in [-0.1, -0.05) is 23.2 Å². The summed E-state index contributed by atoms with van der Waals surface area (Å²) in [6, 6.07) is 8.87. The maximum absolute atomic E-state index is 13.0. The van der Waals surface area contributed by atoms with Crippen LogP contribution in [0.25, 0.3) is 5.82 Å². The number of hydrogen-bond donors (Lipinski definition) is 1. The third-order valence-corrected chi connectivity index (χ3v) is 4.42. The summed E-state index contributed by atoms with van der Waals surface area (Å²) in [7, 11) is 0. The minimum atomic E-state index is -4.60.